The Hall–Kier alpha value is -2.40. The van der Waals surface area contributed by atoms with Crippen LogP contribution >= 0.6 is 0 Å². The molecule has 0 saturated carbocycles. The van der Waals surface area contributed by atoms with Gasteiger partial charge in [-0.15, -0.1) is 0 Å². The molecule has 2 atom stereocenters. The van der Waals surface area contributed by atoms with Crippen LogP contribution in [0.2, 0.25) is 0 Å². The largest absolute Gasteiger partial charge is 0.348 e. The van der Waals surface area contributed by atoms with Gasteiger partial charge >= 0.3 is 0 Å². The summed E-state index contributed by atoms with van der Waals surface area (Å²) in [6, 6.07) is 11.4. The van der Waals surface area contributed by atoms with Crippen molar-refractivity contribution in [3.8, 4) is 0 Å². The van der Waals surface area contributed by atoms with Crippen LogP contribution in [-0.4, -0.2) is 28.5 Å². The van der Waals surface area contributed by atoms with Gasteiger partial charge in [-0.05, 0) is 35.4 Å². The molecule has 5 nitrogen and oxygen atoms in total. The summed E-state index contributed by atoms with van der Waals surface area (Å²) in [5, 5.41) is 2.88. The Morgan fingerprint density at radius 1 is 1.07 bits per heavy atom. The van der Waals surface area contributed by atoms with Crippen molar-refractivity contribution in [3.05, 3.63) is 69.6 Å². The fourth-order valence-corrected chi connectivity index (χ4v) is 3.92. The second-order valence-corrected chi connectivity index (χ2v) is 8.00. The molecule has 1 aliphatic heterocycles. The SMILES string of the molecule is CC1CC(C)CN(Cc2ccc(CNC(=O)c3ccn(C)c(=O)c3)cc2)C1. The molecule has 1 amide bonds. The van der Waals surface area contributed by atoms with Crippen molar-refractivity contribution in [2.45, 2.75) is 33.4 Å². The summed E-state index contributed by atoms with van der Waals surface area (Å²) < 4.78 is 1.44. The summed E-state index contributed by atoms with van der Waals surface area (Å²) in [6.07, 6.45) is 2.93. The minimum Gasteiger partial charge on any atom is -0.348 e. The summed E-state index contributed by atoms with van der Waals surface area (Å²) in [7, 11) is 1.66. The number of aromatic nitrogens is 1. The van der Waals surface area contributed by atoms with Crippen LogP contribution in [0.1, 0.15) is 41.8 Å². The first kappa shape index (κ1) is 19.4. The molecular formula is C22H29N3O2. The fraction of sp³-hybridized carbons (Fsp3) is 0.455. The predicted octanol–water partition coefficient (Wildman–Crippen LogP) is 2.79. The third kappa shape index (κ3) is 5.30. The highest BCUT2D eigenvalue weighted by Gasteiger charge is 2.21. The normalized spacial score (nSPS) is 20.4. The highest BCUT2D eigenvalue weighted by molar-refractivity contribution is 5.93. The summed E-state index contributed by atoms with van der Waals surface area (Å²) >= 11 is 0. The first-order valence-corrected chi connectivity index (χ1v) is 9.66. The monoisotopic (exact) mass is 367 g/mol. The molecule has 2 aromatic rings. The molecule has 1 fully saturated rings. The second kappa shape index (κ2) is 8.53. The van der Waals surface area contributed by atoms with Crippen molar-refractivity contribution in [2.75, 3.05) is 13.1 Å². The van der Waals surface area contributed by atoms with Crippen LogP contribution in [0.5, 0.6) is 0 Å². The van der Waals surface area contributed by atoms with E-state index in [1.165, 1.54) is 35.7 Å². The minimum absolute atomic E-state index is 0.187. The molecule has 0 spiro atoms. The van der Waals surface area contributed by atoms with Crippen molar-refractivity contribution in [2.24, 2.45) is 18.9 Å². The van der Waals surface area contributed by atoms with E-state index in [4.69, 9.17) is 0 Å². The van der Waals surface area contributed by atoms with E-state index in [2.05, 4.69) is 48.3 Å². The van der Waals surface area contributed by atoms with Gasteiger partial charge in [0, 0.05) is 51.1 Å². The van der Waals surface area contributed by atoms with Gasteiger partial charge in [-0.3, -0.25) is 14.5 Å². The highest BCUT2D eigenvalue weighted by Crippen LogP contribution is 2.22. The van der Waals surface area contributed by atoms with E-state index in [-0.39, 0.29) is 11.5 Å². The van der Waals surface area contributed by atoms with Gasteiger partial charge in [0.2, 0.25) is 0 Å². The molecule has 5 heteroatoms. The highest BCUT2D eigenvalue weighted by atomic mass is 16.2. The third-order valence-corrected chi connectivity index (χ3v) is 5.19. The van der Waals surface area contributed by atoms with Crippen LogP contribution in [0.25, 0.3) is 0 Å². The van der Waals surface area contributed by atoms with Gasteiger partial charge in [-0.25, -0.2) is 0 Å². The number of nitrogens with zero attached hydrogens (tertiary/aromatic N) is 2. The quantitative estimate of drug-likeness (QED) is 0.884. The van der Waals surface area contributed by atoms with E-state index in [1.807, 2.05) is 0 Å². The molecule has 2 heterocycles. The fourth-order valence-electron chi connectivity index (χ4n) is 3.92. The van der Waals surface area contributed by atoms with Crippen molar-refractivity contribution in [1.29, 1.82) is 0 Å². The molecule has 0 radical (unpaired) electrons. The molecule has 3 rings (SSSR count). The predicted molar refractivity (Wildman–Crippen MR) is 108 cm³/mol. The molecule has 1 N–H and O–H groups in total. The number of carbonyl (C=O) groups is 1. The number of aryl methyl sites for hydroxylation is 1. The number of pyridine rings is 1. The van der Waals surface area contributed by atoms with Gasteiger partial charge in [0.05, 0.1) is 0 Å². The van der Waals surface area contributed by atoms with Crippen molar-refractivity contribution >= 4 is 5.91 Å². The molecule has 1 aromatic heterocycles. The van der Waals surface area contributed by atoms with Crippen LogP contribution in [-0.2, 0) is 20.1 Å². The van der Waals surface area contributed by atoms with E-state index in [9.17, 15) is 9.59 Å². The second-order valence-electron chi connectivity index (χ2n) is 8.00. The van der Waals surface area contributed by atoms with Gasteiger partial charge in [0.15, 0.2) is 0 Å². The van der Waals surface area contributed by atoms with E-state index in [1.54, 1.807) is 19.3 Å². The Kier molecular flexibility index (Phi) is 6.11. The van der Waals surface area contributed by atoms with E-state index >= 15 is 0 Å². The Morgan fingerprint density at radius 3 is 2.33 bits per heavy atom. The number of rotatable bonds is 5. The minimum atomic E-state index is -0.229. The lowest BCUT2D eigenvalue weighted by molar-refractivity contribution is 0.0950. The summed E-state index contributed by atoms with van der Waals surface area (Å²) in [6.45, 7) is 8.42. The zero-order valence-corrected chi connectivity index (χ0v) is 16.4. The number of likely N-dealkylation sites (tertiary alicyclic amines) is 1. The van der Waals surface area contributed by atoms with Crippen LogP contribution in [0.4, 0.5) is 0 Å². The molecule has 27 heavy (non-hydrogen) atoms. The zero-order valence-electron chi connectivity index (χ0n) is 16.4. The van der Waals surface area contributed by atoms with Crippen LogP contribution in [0, 0.1) is 11.8 Å². The topological polar surface area (TPSA) is 54.3 Å². The summed E-state index contributed by atoms with van der Waals surface area (Å²) in [5.74, 6) is 1.30. The zero-order chi connectivity index (χ0) is 19.4. The third-order valence-electron chi connectivity index (χ3n) is 5.19. The van der Waals surface area contributed by atoms with E-state index in [0.29, 0.717) is 12.1 Å². The maximum atomic E-state index is 12.2. The van der Waals surface area contributed by atoms with Crippen LogP contribution < -0.4 is 10.9 Å². The number of benzene rings is 1. The lowest BCUT2D eigenvalue weighted by Crippen LogP contribution is -2.38. The van der Waals surface area contributed by atoms with E-state index in [0.717, 1.165) is 23.9 Å². The molecule has 2 unspecified atom stereocenters. The summed E-state index contributed by atoms with van der Waals surface area (Å²) in [4.78, 5) is 26.4. The molecule has 1 aromatic carbocycles. The van der Waals surface area contributed by atoms with Crippen molar-refractivity contribution in [1.82, 2.24) is 14.8 Å². The average molecular weight is 367 g/mol. The van der Waals surface area contributed by atoms with Gasteiger partial charge in [0.1, 0.15) is 0 Å². The maximum absolute atomic E-state index is 12.2. The molecule has 1 saturated heterocycles. The first-order chi connectivity index (χ1) is 12.9. The number of nitrogens with one attached hydrogen (secondary N) is 1. The molecular weight excluding hydrogens is 338 g/mol. The lowest BCUT2D eigenvalue weighted by Gasteiger charge is -2.35. The van der Waals surface area contributed by atoms with Gasteiger partial charge in [0.25, 0.3) is 11.5 Å². The Balaban J connectivity index is 1.53. The van der Waals surface area contributed by atoms with E-state index < -0.39 is 0 Å². The Morgan fingerprint density at radius 2 is 1.70 bits per heavy atom. The van der Waals surface area contributed by atoms with Crippen LogP contribution in [0.3, 0.4) is 0 Å². The van der Waals surface area contributed by atoms with Gasteiger partial charge < -0.3 is 9.88 Å². The smallest absolute Gasteiger partial charge is 0.251 e. The summed E-state index contributed by atoms with van der Waals surface area (Å²) in [5.41, 5.74) is 2.56. The standard InChI is InChI=1S/C22H29N3O2/c1-16-10-17(2)14-25(13-16)15-19-6-4-18(5-7-19)12-23-22(27)20-8-9-24(3)21(26)11-20/h4-9,11,16-17H,10,12-15H2,1-3H3,(H,23,27). The molecule has 1 aliphatic rings. The number of carbonyl (C=O) groups excluding carboxylic acids is 1. The van der Waals surface area contributed by atoms with Crippen LogP contribution in [0.15, 0.2) is 47.4 Å². The molecule has 144 valence electrons. The Bertz CT molecular complexity index is 831. The van der Waals surface area contributed by atoms with Gasteiger partial charge in [-0.2, -0.15) is 0 Å². The number of piperidine rings is 1. The first-order valence-electron chi connectivity index (χ1n) is 9.66. The van der Waals surface area contributed by atoms with Crippen molar-refractivity contribution in [3.63, 3.8) is 0 Å². The average Bonchev–Trinajstić information content (AvgIpc) is 2.62. The molecule has 0 bridgehead atoms. The van der Waals surface area contributed by atoms with Gasteiger partial charge in [-0.1, -0.05) is 38.1 Å². The number of hydrogen-bond acceptors (Lipinski definition) is 3. The number of hydrogen-bond donors (Lipinski definition) is 1. The lowest BCUT2D eigenvalue weighted by atomic mass is 9.91. The number of amides is 1. The Labute approximate surface area is 161 Å². The van der Waals surface area contributed by atoms with Crippen molar-refractivity contribution < 1.29 is 4.79 Å². The molecule has 0 aliphatic carbocycles. The maximum Gasteiger partial charge on any atom is 0.251 e.